The maximum Gasteiger partial charge on any atom is 0.161 e. The summed E-state index contributed by atoms with van der Waals surface area (Å²) >= 11 is 1.76. The number of hydrogen-bond donors (Lipinski definition) is 1. The highest BCUT2D eigenvalue weighted by Gasteiger charge is 2.06. The average Bonchev–Trinajstić information content (AvgIpc) is 2.99. The van der Waals surface area contributed by atoms with Crippen molar-refractivity contribution in [1.29, 1.82) is 0 Å². The summed E-state index contributed by atoms with van der Waals surface area (Å²) in [5.74, 6) is 1.61. The van der Waals surface area contributed by atoms with Gasteiger partial charge in [-0.1, -0.05) is 19.1 Å². The Labute approximate surface area is 124 Å². The first-order valence-electron chi connectivity index (χ1n) is 6.86. The van der Waals surface area contributed by atoms with Crippen molar-refractivity contribution < 1.29 is 9.47 Å². The summed E-state index contributed by atoms with van der Waals surface area (Å²) in [6, 6.07) is 10.3. The molecule has 0 radical (unpaired) electrons. The average molecular weight is 291 g/mol. The summed E-state index contributed by atoms with van der Waals surface area (Å²) in [6.45, 7) is 4.58. The first-order valence-corrected chi connectivity index (χ1v) is 7.74. The van der Waals surface area contributed by atoms with Gasteiger partial charge in [0.05, 0.1) is 13.7 Å². The fraction of sp³-hybridized carbons (Fsp3) is 0.375. The van der Waals surface area contributed by atoms with E-state index in [1.54, 1.807) is 18.4 Å². The van der Waals surface area contributed by atoms with Crippen LogP contribution >= 0.6 is 11.3 Å². The van der Waals surface area contributed by atoms with E-state index in [9.17, 15) is 0 Å². The number of nitrogens with one attached hydrogen (secondary N) is 1. The minimum Gasteiger partial charge on any atom is -0.493 e. The van der Waals surface area contributed by atoms with Gasteiger partial charge >= 0.3 is 0 Å². The van der Waals surface area contributed by atoms with E-state index in [4.69, 9.17) is 9.47 Å². The van der Waals surface area contributed by atoms with Gasteiger partial charge in [0.1, 0.15) is 0 Å². The van der Waals surface area contributed by atoms with E-state index in [2.05, 4.69) is 35.8 Å². The van der Waals surface area contributed by atoms with E-state index in [0.29, 0.717) is 6.61 Å². The van der Waals surface area contributed by atoms with Gasteiger partial charge in [-0.3, -0.25) is 0 Å². The molecule has 2 rings (SSSR count). The summed E-state index contributed by atoms with van der Waals surface area (Å²) in [4.78, 5) is 1.34. The minimum atomic E-state index is 0.670. The Morgan fingerprint density at radius 1 is 1.20 bits per heavy atom. The lowest BCUT2D eigenvalue weighted by molar-refractivity contribution is 0.298. The summed E-state index contributed by atoms with van der Waals surface area (Å²) in [5, 5.41) is 5.39. The fourth-order valence-electron chi connectivity index (χ4n) is 1.93. The summed E-state index contributed by atoms with van der Waals surface area (Å²) in [7, 11) is 1.68. The largest absolute Gasteiger partial charge is 0.493 e. The predicted octanol–water partition coefficient (Wildman–Crippen LogP) is 3.49. The topological polar surface area (TPSA) is 30.5 Å². The van der Waals surface area contributed by atoms with Crippen molar-refractivity contribution in [2.75, 3.05) is 20.3 Å². The van der Waals surface area contributed by atoms with Crippen LogP contribution in [0, 0.1) is 0 Å². The summed E-state index contributed by atoms with van der Waals surface area (Å²) in [5.41, 5.74) is 1.20. The smallest absolute Gasteiger partial charge is 0.161 e. The number of methoxy groups -OCH3 is 1. The molecule has 0 atom stereocenters. The predicted molar refractivity (Wildman–Crippen MR) is 83.9 cm³/mol. The van der Waals surface area contributed by atoms with Crippen molar-refractivity contribution in [3.63, 3.8) is 0 Å². The van der Waals surface area contributed by atoms with Crippen LogP contribution in [0.1, 0.15) is 17.4 Å². The first kappa shape index (κ1) is 14.9. The van der Waals surface area contributed by atoms with Crippen molar-refractivity contribution in [1.82, 2.24) is 5.32 Å². The lowest BCUT2D eigenvalue weighted by Crippen LogP contribution is -2.11. The standard InChI is InChI=1S/C16H21NO2S/c1-3-17-12-13-6-7-15(16(11-13)18-2)19-9-8-14-5-4-10-20-14/h4-7,10-11,17H,3,8-9,12H2,1-2H3. The molecular weight excluding hydrogens is 270 g/mol. The van der Waals surface area contributed by atoms with Gasteiger partial charge in [0.2, 0.25) is 0 Å². The van der Waals surface area contributed by atoms with Gasteiger partial charge in [0.25, 0.3) is 0 Å². The molecule has 0 unspecified atom stereocenters. The van der Waals surface area contributed by atoms with E-state index in [-0.39, 0.29) is 0 Å². The molecule has 0 saturated carbocycles. The molecule has 0 fully saturated rings. The van der Waals surface area contributed by atoms with Gasteiger partial charge in [-0.05, 0) is 35.7 Å². The molecule has 108 valence electrons. The van der Waals surface area contributed by atoms with E-state index >= 15 is 0 Å². The van der Waals surface area contributed by atoms with Gasteiger partial charge in [-0.25, -0.2) is 0 Å². The Kier molecular flexibility index (Phi) is 5.89. The SMILES string of the molecule is CCNCc1ccc(OCCc2cccs2)c(OC)c1. The Hall–Kier alpha value is -1.52. The molecule has 20 heavy (non-hydrogen) atoms. The molecule has 0 saturated heterocycles. The quantitative estimate of drug-likeness (QED) is 0.807. The highest BCUT2D eigenvalue weighted by atomic mass is 32.1. The Balaban J connectivity index is 1.92. The van der Waals surface area contributed by atoms with Crippen molar-refractivity contribution in [3.8, 4) is 11.5 Å². The third-order valence-electron chi connectivity index (χ3n) is 2.99. The zero-order chi connectivity index (χ0) is 14.2. The Morgan fingerprint density at radius 2 is 2.10 bits per heavy atom. The van der Waals surface area contributed by atoms with Crippen LogP contribution in [0.4, 0.5) is 0 Å². The molecular formula is C16H21NO2S. The van der Waals surface area contributed by atoms with Crippen LogP contribution in [-0.4, -0.2) is 20.3 Å². The second-order valence-corrected chi connectivity index (χ2v) is 5.48. The Bertz CT molecular complexity index is 511. The van der Waals surface area contributed by atoms with Crippen molar-refractivity contribution in [2.45, 2.75) is 19.9 Å². The van der Waals surface area contributed by atoms with Crippen LogP contribution in [0.25, 0.3) is 0 Å². The molecule has 0 amide bonds. The van der Waals surface area contributed by atoms with Crippen LogP contribution in [0.3, 0.4) is 0 Å². The lowest BCUT2D eigenvalue weighted by atomic mass is 10.2. The maximum atomic E-state index is 5.82. The minimum absolute atomic E-state index is 0.670. The second-order valence-electron chi connectivity index (χ2n) is 4.44. The molecule has 1 aromatic heterocycles. The van der Waals surface area contributed by atoms with Crippen LogP contribution in [-0.2, 0) is 13.0 Å². The molecule has 0 aliphatic rings. The highest BCUT2D eigenvalue weighted by Crippen LogP contribution is 2.28. The third-order valence-corrected chi connectivity index (χ3v) is 3.93. The van der Waals surface area contributed by atoms with Crippen molar-refractivity contribution >= 4 is 11.3 Å². The van der Waals surface area contributed by atoms with Crippen LogP contribution in [0.15, 0.2) is 35.7 Å². The van der Waals surface area contributed by atoms with E-state index in [1.165, 1.54) is 10.4 Å². The van der Waals surface area contributed by atoms with Crippen LogP contribution < -0.4 is 14.8 Å². The molecule has 3 nitrogen and oxygen atoms in total. The van der Waals surface area contributed by atoms with Gasteiger partial charge in [-0.15, -0.1) is 11.3 Å². The Morgan fingerprint density at radius 3 is 2.80 bits per heavy atom. The van der Waals surface area contributed by atoms with Crippen molar-refractivity contribution in [2.24, 2.45) is 0 Å². The summed E-state index contributed by atoms with van der Waals surface area (Å²) < 4.78 is 11.2. The zero-order valence-electron chi connectivity index (χ0n) is 12.0. The number of ether oxygens (including phenoxy) is 2. The highest BCUT2D eigenvalue weighted by molar-refractivity contribution is 7.09. The van der Waals surface area contributed by atoms with E-state index < -0.39 is 0 Å². The number of rotatable bonds is 8. The van der Waals surface area contributed by atoms with Gasteiger partial charge in [0, 0.05) is 17.8 Å². The molecule has 0 spiro atoms. The van der Waals surface area contributed by atoms with Crippen molar-refractivity contribution in [3.05, 3.63) is 46.2 Å². The van der Waals surface area contributed by atoms with Crippen LogP contribution in [0.2, 0.25) is 0 Å². The normalized spacial score (nSPS) is 10.5. The monoisotopic (exact) mass is 291 g/mol. The molecule has 1 N–H and O–H groups in total. The fourth-order valence-corrected chi connectivity index (χ4v) is 2.62. The third kappa shape index (κ3) is 4.25. The number of benzene rings is 1. The molecule has 1 heterocycles. The van der Waals surface area contributed by atoms with E-state index in [0.717, 1.165) is 31.0 Å². The molecule has 2 aromatic rings. The maximum absolute atomic E-state index is 5.82. The van der Waals surface area contributed by atoms with Gasteiger partial charge in [-0.2, -0.15) is 0 Å². The van der Waals surface area contributed by atoms with E-state index in [1.807, 2.05) is 12.1 Å². The molecule has 0 bridgehead atoms. The first-order chi connectivity index (χ1) is 9.83. The number of thiophene rings is 1. The van der Waals surface area contributed by atoms with Gasteiger partial charge < -0.3 is 14.8 Å². The number of hydrogen-bond acceptors (Lipinski definition) is 4. The van der Waals surface area contributed by atoms with Crippen LogP contribution in [0.5, 0.6) is 11.5 Å². The molecule has 1 aromatic carbocycles. The van der Waals surface area contributed by atoms with Gasteiger partial charge in [0.15, 0.2) is 11.5 Å². The summed E-state index contributed by atoms with van der Waals surface area (Å²) in [6.07, 6.45) is 0.931. The zero-order valence-corrected chi connectivity index (χ0v) is 12.8. The second kappa shape index (κ2) is 7.92. The molecule has 0 aliphatic carbocycles. The molecule has 4 heteroatoms. The molecule has 0 aliphatic heterocycles. The lowest BCUT2D eigenvalue weighted by Gasteiger charge is -2.12.